The molecule has 4 rings (SSSR count). The smallest absolute Gasteiger partial charge is 0.411 e. The van der Waals surface area contributed by atoms with E-state index in [1.807, 2.05) is 4.90 Å². The van der Waals surface area contributed by atoms with Crippen LogP contribution in [0.1, 0.15) is 51.7 Å². The molecule has 0 N–H and O–H groups in total. The number of hydrogen-bond acceptors (Lipinski definition) is 2. The SMILES string of the molecule is CC1(C)c2ccccc2CN2C(=O)OC3(C)CCC1C23C. The first kappa shape index (κ1) is 13.2. The minimum absolute atomic E-state index is 0.0475. The number of carbonyl (C=O) groups is 1. The Kier molecular flexibility index (Phi) is 2.28. The molecule has 1 aromatic carbocycles. The Bertz CT molecular complexity index is 638. The summed E-state index contributed by atoms with van der Waals surface area (Å²) in [5.74, 6) is 0.421. The maximum Gasteiger partial charge on any atom is 0.411 e. The predicted octanol–water partition coefficient (Wildman–Crippen LogP) is 3.86. The van der Waals surface area contributed by atoms with Crippen LogP contribution in [0.2, 0.25) is 0 Å². The summed E-state index contributed by atoms with van der Waals surface area (Å²) < 4.78 is 5.84. The average Bonchev–Trinajstić information content (AvgIpc) is 2.74. The molecule has 2 fully saturated rings. The van der Waals surface area contributed by atoms with E-state index < -0.39 is 0 Å². The van der Waals surface area contributed by atoms with Crippen molar-refractivity contribution in [1.82, 2.24) is 4.90 Å². The molecule has 1 saturated heterocycles. The molecular formula is C18H23NO2. The highest BCUT2D eigenvalue weighted by molar-refractivity contribution is 5.74. The van der Waals surface area contributed by atoms with Crippen LogP contribution < -0.4 is 0 Å². The molecule has 112 valence electrons. The van der Waals surface area contributed by atoms with Crippen molar-refractivity contribution < 1.29 is 9.53 Å². The lowest BCUT2D eigenvalue weighted by Crippen LogP contribution is -2.57. The summed E-state index contributed by atoms with van der Waals surface area (Å²) in [5.41, 5.74) is 2.13. The molecule has 0 spiro atoms. The molecule has 1 amide bonds. The van der Waals surface area contributed by atoms with E-state index in [4.69, 9.17) is 4.74 Å². The van der Waals surface area contributed by atoms with Gasteiger partial charge in [0.2, 0.25) is 0 Å². The standard InChI is InChI=1S/C18H23NO2/c1-16(2)13-8-6-5-7-12(13)11-19-15(20)21-17(3)10-9-14(16)18(17,19)4/h5-8,14H,9-11H2,1-4H3. The van der Waals surface area contributed by atoms with Gasteiger partial charge in [-0.05, 0) is 49.1 Å². The molecule has 0 radical (unpaired) electrons. The fourth-order valence-corrected chi connectivity index (χ4v) is 5.32. The van der Waals surface area contributed by atoms with E-state index in [9.17, 15) is 4.79 Å². The summed E-state index contributed by atoms with van der Waals surface area (Å²) in [4.78, 5) is 14.5. The van der Waals surface area contributed by atoms with E-state index in [0.29, 0.717) is 12.5 Å². The Hall–Kier alpha value is -1.51. The number of nitrogens with zero attached hydrogens (tertiary/aromatic N) is 1. The van der Waals surface area contributed by atoms with Crippen LogP contribution in [0.4, 0.5) is 4.79 Å². The van der Waals surface area contributed by atoms with E-state index in [1.165, 1.54) is 11.1 Å². The molecule has 1 aliphatic carbocycles. The van der Waals surface area contributed by atoms with Crippen molar-refractivity contribution in [2.45, 2.75) is 63.6 Å². The maximum absolute atomic E-state index is 12.5. The topological polar surface area (TPSA) is 29.5 Å². The number of hydrogen-bond donors (Lipinski definition) is 0. The van der Waals surface area contributed by atoms with Gasteiger partial charge in [-0.3, -0.25) is 4.90 Å². The van der Waals surface area contributed by atoms with Crippen molar-refractivity contribution in [3.8, 4) is 0 Å². The summed E-state index contributed by atoms with van der Waals surface area (Å²) in [6.07, 6.45) is 1.93. The minimum atomic E-state index is -0.353. The van der Waals surface area contributed by atoms with Gasteiger partial charge in [-0.2, -0.15) is 0 Å². The Balaban J connectivity index is 1.98. The van der Waals surface area contributed by atoms with Crippen LogP contribution in [0.15, 0.2) is 24.3 Å². The molecule has 0 bridgehead atoms. The summed E-state index contributed by atoms with van der Waals surface area (Å²) in [5, 5.41) is 0. The number of fused-ring (bicyclic) bond motifs is 1. The van der Waals surface area contributed by atoms with E-state index >= 15 is 0 Å². The summed E-state index contributed by atoms with van der Waals surface area (Å²) in [6, 6.07) is 8.58. The van der Waals surface area contributed by atoms with Crippen LogP contribution in [0.25, 0.3) is 0 Å². The third kappa shape index (κ3) is 1.33. The van der Waals surface area contributed by atoms with E-state index in [2.05, 4.69) is 52.0 Å². The molecule has 21 heavy (non-hydrogen) atoms. The van der Waals surface area contributed by atoms with Crippen LogP contribution in [0.3, 0.4) is 0 Å². The van der Waals surface area contributed by atoms with Crippen LogP contribution in [-0.4, -0.2) is 22.1 Å². The molecule has 1 saturated carbocycles. The third-order valence-electron chi connectivity index (χ3n) is 6.66. The fraction of sp³-hybridized carbons (Fsp3) is 0.611. The Morgan fingerprint density at radius 1 is 1.19 bits per heavy atom. The zero-order chi connectivity index (χ0) is 15.0. The van der Waals surface area contributed by atoms with Gasteiger partial charge >= 0.3 is 6.09 Å². The van der Waals surface area contributed by atoms with Crippen molar-refractivity contribution in [1.29, 1.82) is 0 Å². The minimum Gasteiger partial charge on any atom is -0.441 e. The lowest BCUT2D eigenvalue weighted by atomic mass is 9.64. The molecular weight excluding hydrogens is 262 g/mol. The van der Waals surface area contributed by atoms with Crippen molar-refractivity contribution in [2.75, 3.05) is 0 Å². The first-order valence-corrected chi connectivity index (χ1v) is 7.90. The van der Waals surface area contributed by atoms with Gasteiger partial charge in [0.1, 0.15) is 5.60 Å². The normalized spacial score (nSPS) is 39.5. The molecule has 2 heterocycles. The van der Waals surface area contributed by atoms with Crippen molar-refractivity contribution in [3.63, 3.8) is 0 Å². The molecule has 3 unspecified atom stereocenters. The highest BCUT2D eigenvalue weighted by Gasteiger charge is 2.70. The molecule has 0 aromatic heterocycles. The highest BCUT2D eigenvalue weighted by atomic mass is 16.6. The first-order valence-electron chi connectivity index (χ1n) is 7.90. The van der Waals surface area contributed by atoms with Gasteiger partial charge in [0.25, 0.3) is 0 Å². The van der Waals surface area contributed by atoms with E-state index in [1.54, 1.807) is 0 Å². The number of amides is 1. The number of rotatable bonds is 0. The van der Waals surface area contributed by atoms with E-state index in [-0.39, 0.29) is 22.6 Å². The van der Waals surface area contributed by atoms with Gasteiger partial charge in [0.15, 0.2) is 0 Å². The fourth-order valence-electron chi connectivity index (χ4n) is 5.32. The predicted molar refractivity (Wildman–Crippen MR) is 81.0 cm³/mol. The summed E-state index contributed by atoms with van der Waals surface area (Å²) in [7, 11) is 0. The summed E-state index contributed by atoms with van der Waals surface area (Å²) >= 11 is 0. The third-order valence-corrected chi connectivity index (χ3v) is 6.66. The Morgan fingerprint density at radius 3 is 2.67 bits per heavy atom. The molecule has 3 nitrogen and oxygen atoms in total. The second-order valence-corrected chi connectivity index (χ2v) is 7.80. The van der Waals surface area contributed by atoms with Gasteiger partial charge in [-0.1, -0.05) is 38.1 Å². The van der Waals surface area contributed by atoms with Crippen LogP contribution in [0.5, 0.6) is 0 Å². The highest BCUT2D eigenvalue weighted by Crippen LogP contribution is 2.61. The zero-order valence-corrected chi connectivity index (χ0v) is 13.3. The van der Waals surface area contributed by atoms with Gasteiger partial charge in [0, 0.05) is 0 Å². The largest absolute Gasteiger partial charge is 0.441 e. The van der Waals surface area contributed by atoms with Crippen molar-refractivity contribution >= 4 is 6.09 Å². The van der Waals surface area contributed by atoms with Crippen molar-refractivity contribution in [3.05, 3.63) is 35.4 Å². The van der Waals surface area contributed by atoms with Crippen LogP contribution in [0, 0.1) is 5.92 Å². The number of carbonyl (C=O) groups excluding carboxylic acids is 1. The quantitative estimate of drug-likeness (QED) is 0.724. The molecule has 3 heteroatoms. The van der Waals surface area contributed by atoms with Crippen LogP contribution >= 0.6 is 0 Å². The Morgan fingerprint density at radius 2 is 1.90 bits per heavy atom. The lowest BCUT2D eigenvalue weighted by molar-refractivity contribution is 0.00545. The second kappa shape index (κ2) is 3.63. The molecule has 3 atom stereocenters. The molecule has 1 aromatic rings. The lowest BCUT2D eigenvalue weighted by Gasteiger charge is -2.45. The number of ether oxygens (including phenoxy) is 1. The first-order chi connectivity index (χ1) is 9.81. The van der Waals surface area contributed by atoms with Gasteiger partial charge in [-0.25, -0.2) is 4.79 Å². The Labute approximate surface area is 126 Å². The average molecular weight is 285 g/mol. The zero-order valence-electron chi connectivity index (χ0n) is 13.3. The monoisotopic (exact) mass is 285 g/mol. The second-order valence-electron chi connectivity index (χ2n) is 7.80. The van der Waals surface area contributed by atoms with E-state index in [0.717, 1.165) is 12.8 Å². The van der Waals surface area contributed by atoms with Gasteiger partial charge < -0.3 is 4.74 Å². The molecule has 2 aliphatic heterocycles. The number of benzene rings is 1. The van der Waals surface area contributed by atoms with Gasteiger partial charge in [0.05, 0.1) is 12.1 Å². The van der Waals surface area contributed by atoms with Crippen LogP contribution in [-0.2, 0) is 16.7 Å². The van der Waals surface area contributed by atoms with Crippen molar-refractivity contribution in [2.24, 2.45) is 5.92 Å². The van der Waals surface area contributed by atoms with Gasteiger partial charge in [-0.15, -0.1) is 0 Å². The maximum atomic E-state index is 12.5. The molecule has 3 aliphatic rings. The summed E-state index contributed by atoms with van der Waals surface area (Å²) in [6.45, 7) is 9.70.